The molecule has 0 bridgehead atoms. The van der Waals surface area contributed by atoms with E-state index < -0.39 is 0 Å². The van der Waals surface area contributed by atoms with E-state index in [1.165, 1.54) is 10.4 Å². The molecule has 8 heteroatoms. The lowest BCUT2D eigenvalue weighted by Gasteiger charge is -2.16. The Morgan fingerprint density at radius 1 is 1.14 bits per heavy atom. The van der Waals surface area contributed by atoms with Gasteiger partial charge in [0.05, 0.1) is 16.2 Å². The van der Waals surface area contributed by atoms with Crippen LogP contribution in [-0.2, 0) is 13.0 Å². The van der Waals surface area contributed by atoms with E-state index in [1.54, 1.807) is 18.4 Å². The molecule has 3 rings (SSSR count). The molecule has 0 aliphatic heterocycles. The number of aliphatic imine (C=N–C) groups is 1. The highest BCUT2D eigenvalue weighted by molar-refractivity contribution is 14.0. The minimum absolute atomic E-state index is 0. The number of nitrogens with zero attached hydrogens (tertiary/aromatic N) is 4. The Kier molecular flexibility index (Phi) is 8.63. The molecular weight excluding hydrogens is 495 g/mol. The van der Waals surface area contributed by atoms with Crippen LogP contribution < -0.4 is 15.5 Å². The molecule has 0 amide bonds. The van der Waals surface area contributed by atoms with E-state index in [1.807, 2.05) is 31.1 Å². The van der Waals surface area contributed by atoms with Crippen LogP contribution in [0.3, 0.4) is 0 Å². The summed E-state index contributed by atoms with van der Waals surface area (Å²) in [7, 11) is 5.82. The zero-order valence-electron chi connectivity index (χ0n) is 17.6. The van der Waals surface area contributed by atoms with Gasteiger partial charge in [-0.3, -0.25) is 4.99 Å². The predicted octanol–water partition coefficient (Wildman–Crippen LogP) is 3.90. The van der Waals surface area contributed by atoms with Crippen molar-refractivity contribution in [2.75, 3.05) is 32.6 Å². The quantitative estimate of drug-likeness (QED) is 0.291. The van der Waals surface area contributed by atoms with Crippen molar-refractivity contribution in [3.63, 3.8) is 0 Å². The zero-order chi connectivity index (χ0) is 20.1. The van der Waals surface area contributed by atoms with Crippen molar-refractivity contribution in [2.24, 2.45) is 4.99 Å². The molecule has 0 spiro atoms. The molecule has 2 heterocycles. The molecule has 2 aromatic heterocycles. The maximum atomic E-state index is 4.72. The smallest absolute Gasteiger partial charge is 0.191 e. The van der Waals surface area contributed by atoms with Crippen LogP contribution in [0.2, 0.25) is 0 Å². The van der Waals surface area contributed by atoms with Crippen LogP contribution in [0.5, 0.6) is 0 Å². The Hall–Kier alpha value is -1.94. The van der Waals surface area contributed by atoms with Crippen molar-refractivity contribution in [1.29, 1.82) is 0 Å². The lowest BCUT2D eigenvalue weighted by Crippen LogP contribution is -2.37. The van der Waals surface area contributed by atoms with E-state index in [4.69, 9.17) is 4.98 Å². The second kappa shape index (κ2) is 10.7. The number of aryl methyl sites for hydroxylation is 2. The fourth-order valence-electron chi connectivity index (χ4n) is 2.94. The Labute approximate surface area is 193 Å². The second-order valence-corrected chi connectivity index (χ2v) is 8.19. The SMILES string of the molecule is CN=C(NCCc1nc(C)c(C)s1)NCc1cc(N(C)C)nc2ccccc12.I. The van der Waals surface area contributed by atoms with Gasteiger partial charge < -0.3 is 15.5 Å². The monoisotopic (exact) mass is 524 g/mol. The molecule has 29 heavy (non-hydrogen) atoms. The van der Waals surface area contributed by atoms with E-state index in [0.717, 1.165) is 46.3 Å². The summed E-state index contributed by atoms with van der Waals surface area (Å²) in [6.07, 6.45) is 0.892. The van der Waals surface area contributed by atoms with Gasteiger partial charge in [-0.1, -0.05) is 18.2 Å². The third kappa shape index (κ3) is 6.02. The number of nitrogens with one attached hydrogen (secondary N) is 2. The Morgan fingerprint density at radius 2 is 1.90 bits per heavy atom. The Bertz CT molecular complexity index is 963. The van der Waals surface area contributed by atoms with Gasteiger partial charge in [-0.2, -0.15) is 0 Å². The number of anilines is 1. The summed E-state index contributed by atoms with van der Waals surface area (Å²) in [5.41, 5.74) is 3.33. The molecule has 1 aromatic carbocycles. The van der Waals surface area contributed by atoms with Crippen molar-refractivity contribution in [3.8, 4) is 0 Å². The highest BCUT2D eigenvalue weighted by Crippen LogP contribution is 2.22. The minimum atomic E-state index is 0. The van der Waals surface area contributed by atoms with E-state index in [-0.39, 0.29) is 24.0 Å². The van der Waals surface area contributed by atoms with Crippen molar-refractivity contribution in [2.45, 2.75) is 26.8 Å². The Morgan fingerprint density at radius 3 is 2.55 bits per heavy atom. The van der Waals surface area contributed by atoms with E-state index >= 15 is 0 Å². The van der Waals surface area contributed by atoms with Gasteiger partial charge in [-0.25, -0.2) is 9.97 Å². The molecule has 0 aliphatic rings. The van der Waals surface area contributed by atoms with E-state index in [9.17, 15) is 0 Å². The maximum absolute atomic E-state index is 4.72. The zero-order valence-corrected chi connectivity index (χ0v) is 20.8. The van der Waals surface area contributed by atoms with Crippen molar-refractivity contribution < 1.29 is 0 Å². The lowest BCUT2D eigenvalue weighted by atomic mass is 10.1. The number of rotatable bonds is 6. The Balaban J connectivity index is 0.00000300. The number of thiazole rings is 1. The van der Waals surface area contributed by atoms with Crippen LogP contribution in [-0.4, -0.2) is 43.6 Å². The lowest BCUT2D eigenvalue weighted by molar-refractivity contribution is 0.792. The maximum Gasteiger partial charge on any atom is 0.191 e. The van der Waals surface area contributed by atoms with Gasteiger partial charge >= 0.3 is 0 Å². The third-order valence-electron chi connectivity index (χ3n) is 4.62. The van der Waals surface area contributed by atoms with Gasteiger partial charge in [0.1, 0.15) is 5.82 Å². The van der Waals surface area contributed by atoms with Gasteiger partial charge in [-0.15, -0.1) is 35.3 Å². The van der Waals surface area contributed by atoms with E-state index in [2.05, 4.69) is 52.7 Å². The van der Waals surface area contributed by atoms with Crippen molar-refractivity contribution >= 4 is 58.0 Å². The molecular formula is C21H29IN6S. The minimum Gasteiger partial charge on any atom is -0.363 e. The van der Waals surface area contributed by atoms with Gasteiger partial charge in [0, 0.05) is 50.9 Å². The molecule has 3 aromatic rings. The number of hydrogen-bond donors (Lipinski definition) is 2. The van der Waals surface area contributed by atoms with Crippen LogP contribution in [0.4, 0.5) is 5.82 Å². The van der Waals surface area contributed by atoms with Crippen LogP contribution in [0.1, 0.15) is 21.1 Å². The first kappa shape index (κ1) is 23.3. The summed E-state index contributed by atoms with van der Waals surface area (Å²) in [5, 5.41) is 9.12. The number of aromatic nitrogens is 2. The van der Waals surface area contributed by atoms with Crippen LogP contribution in [0.15, 0.2) is 35.3 Å². The summed E-state index contributed by atoms with van der Waals surface area (Å²) in [5.74, 6) is 1.74. The summed E-state index contributed by atoms with van der Waals surface area (Å²) < 4.78 is 0. The third-order valence-corrected chi connectivity index (χ3v) is 5.75. The molecule has 156 valence electrons. The number of guanidine groups is 1. The molecule has 0 radical (unpaired) electrons. The second-order valence-electron chi connectivity index (χ2n) is 6.90. The van der Waals surface area contributed by atoms with Gasteiger partial charge in [0.2, 0.25) is 0 Å². The summed E-state index contributed by atoms with van der Waals surface area (Å²) in [6, 6.07) is 10.4. The van der Waals surface area contributed by atoms with Crippen molar-refractivity contribution in [1.82, 2.24) is 20.6 Å². The predicted molar refractivity (Wildman–Crippen MR) is 135 cm³/mol. The van der Waals surface area contributed by atoms with Crippen LogP contribution >= 0.6 is 35.3 Å². The molecule has 0 aliphatic carbocycles. The molecule has 0 saturated heterocycles. The van der Waals surface area contributed by atoms with Gasteiger partial charge in [-0.05, 0) is 31.5 Å². The van der Waals surface area contributed by atoms with E-state index in [0.29, 0.717) is 6.54 Å². The van der Waals surface area contributed by atoms with Crippen LogP contribution in [0, 0.1) is 13.8 Å². The first-order valence-electron chi connectivity index (χ1n) is 9.41. The number of fused-ring (bicyclic) bond motifs is 1. The average Bonchev–Trinajstić information content (AvgIpc) is 3.01. The van der Waals surface area contributed by atoms with Gasteiger partial charge in [0.15, 0.2) is 5.96 Å². The summed E-state index contributed by atoms with van der Waals surface area (Å²) in [4.78, 5) is 17.0. The number of hydrogen-bond acceptors (Lipinski definition) is 5. The first-order valence-corrected chi connectivity index (χ1v) is 10.2. The summed E-state index contributed by atoms with van der Waals surface area (Å²) in [6.45, 7) is 5.65. The van der Waals surface area contributed by atoms with Crippen molar-refractivity contribution in [3.05, 3.63) is 51.5 Å². The molecule has 2 N–H and O–H groups in total. The standard InChI is InChI=1S/C21H28N6S.HI/c1-14-15(2)28-20(25-14)10-11-23-21(22-3)24-13-16-12-19(27(4)5)26-18-9-7-6-8-17(16)18;/h6-9,12H,10-11,13H2,1-5H3,(H2,22,23,24);1H. The molecule has 0 unspecified atom stereocenters. The average molecular weight is 524 g/mol. The molecule has 0 atom stereocenters. The normalized spacial score (nSPS) is 11.3. The molecule has 6 nitrogen and oxygen atoms in total. The fraction of sp³-hybridized carbons (Fsp3) is 0.381. The number of para-hydroxylation sites is 1. The topological polar surface area (TPSA) is 65.4 Å². The number of pyridine rings is 1. The highest BCUT2D eigenvalue weighted by atomic mass is 127. The molecule has 0 saturated carbocycles. The summed E-state index contributed by atoms with van der Waals surface area (Å²) >= 11 is 1.77. The fourth-order valence-corrected chi connectivity index (χ4v) is 3.87. The molecule has 0 fully saturated rings. The largest absolute Gasteiger partial charge is 0.363 e. The van der Waals surface area contributed by atoms with Gasteiger partial charge in [0.25, 0.3) is 0 Å². The first-order chi connectivity index (χ1) is 13.5. The van der Waals surface area contributed by atoms with Crippen LogP contribution in [0.25, 0.3) is 10.9 Å². The number of halogens is 1. The number of benzene rings is 1. The highest BCUT2D eigenvalue weighted by Gasteiger charge is 2.08.